The van der Waals surface area contributed by atoms with Crippen LogP contribution in [0.25, 0.3) is 33.0 Å². The molecule has 0 atom stereocenters. The fraction of sp³-hybridized carbons (Fsp3) is 0.185. The van der Waals surface area contributed by atoms with E-state index in [-0.39, 0.29) is 27.1 Å². The molecule has 0 bridgehead atoms. The quantitative estimate of drug-likeness (QED) is 0.308. The smallest absolute Gasteiger partial charge is 0.207 e. The molecule has 1 aliphatic carbocycles. The van der Waals surface area contributed by atoms with Crippen LogP contribution in [0, 0.1) is 13.8 Å². The van der Waals surface area contributed by atoms with Crippen LogP contribution in [0.3, 0.4) is 0 Å². The van der Waals surface area contributed by atoms with E-state index in [1.165, 1.54) is 0 Å². The topological polar surface area (TPSA) is 65.7 Å². The molecule has 0 fully saturated rings. The van der Waals surface area contributed by atoms with Crippen molar-refractivity contribution in [1.29, 1.82) is 0 Å². The number of carbonyl (C=O) groups excluding carboxylic acids is 2. The van der Waals surface area contributed by atoms with E-state index >= 15 is 0 Å². The third-order valence-electron chi connectivity index (χ3n) is 6.25. The van der Waals surface area contributed by atoms with Crippen molar-refractivity contribution in [3.8, 4) is 0 Å². The summed E-state index contributed by atoms with van der Waals surface area (Å²) in [4.78, 5) is 34.1. The van der Waals surface area contributed by atoms with Crippen LogP contribution in [-0.4, -0.2) is 21.5 Å². The lowest BCUT2D eigenvalue weighted by molar-refractivity contribution is -0.113. The van der Waals surface area contributed by atoms with Gasteiger partial charge in [-0.2, -0.15) is 0 Å². The molecule has 166 valence electrons. The minimum atomic E-state index is -0.443. The normalized spacial score (nSPS) is 15.1. The number of rotatable bonds is 3. The number of aromatic amines is 2. The Morgan fingerprint density at radius 2 is 1.36 bits per heavy atom. The lowest BCUT2D eigenvalue weighted by Crippen LogP contribution is -2.19. The summed E-state index contributed by atoms with van der Waals surface area (Å²) in [5, 5.41) is 1.46. The van der Waals surface area contributed by atoms with Gasteiger partial charge in [-0.3, -0.25) is 9.59 Å². The molecule has 4 aromatic rings. The van der Waals surface area contributed by atoms with Crippen molar-refractivity contribution in [2.24, 2.45) is 0 Å². The number of allylic oxidation sites excluding steroid dienone is 4. The highest BCUT2D eigenvalue weighted by Crippen LogP contribution is 2.45. The molecule has 0 saturated carbocycles. The van der Waals surface area contributed by atoms with Gasteiger partial charge in [-0.25, -0.2) is 0 Å². The van der Waals surface area contributed by atoms with E-state index in [1.807, 2.05) is 70.2 Å². The number of carbonyl (C=O) groups is 2. The van der Waals surface area contributed by atoms with Crippen molar-refractivity contribution in [3.05, 3.63) is 80.6 Å². The maximum atomic E-state index is 13.7. The van der Waals surface area contributed by atoms with Crippen LogP contribution in [0.5, 0.6) is 0 Å². The summed E-state index contributed by atoms with van der Waals surface area (Å²) in [6, 6.07) is 13.6. The zero-order valence-electron chi connectivity index (χ0n) is 18.7. The standard InChI is InChI=1S/C27H22Cl2N2O2/c1-12(2)25-20(15-7-5-6-8-17(15)31-25)22-24(29)26(32)21(23(28)27(22)33)19-14(4)30-18-10-9-13(3)11-16(18)19/h5-12,30-31H,1-4H3. The molecule has 2 aromatic heterocycles. The van der Waals surface area contributed by atoms with Crippen molar-refractivity contribution in [2.75, 3.05) is 0 Å². The van der Waals surface area contributed by atoms with E-state index in [4.69, 9.17) is 23.2 Å². The average molecular weight is 477 g/mol. The van der Waals surface area contributed by atoms with Crippen LogP contribution < -0.4 is 0 Å². The lowest BCUT2D eigenvalue weighted by Gasteiger charge is -2.20. The first kappa shape index (κ1) is 21.7. The number of aromatic nitrogens is 2. The summed E-state index contributed by atoms with van der Waals surface area (Å²) in [7, 11) is 0. The molecular weight excluding hydrogens is 455 g/mol. The first-order valence-corrected chi connectivity index (χ1v) is 11.6. The van der Waals surface area contributed by atoms with Gasteiger partial charge >= 0.3 is 0 Å². The van der Waals surface area contributed by atoms with E-state index in [9.17, 15) is 9.59 Å². The number of Topliss-reactive ketones (excluding diaryl/α,β-unsaturated/α-hetero) is 2. The molecule has 2 N–H and O–H groups in total. The highest BCUT2D eigenvalue weighted by Gasteiger charge is 2.38. The molecule has 1 aliphatic rings. The van der Waals surface area contributed by atoms with Gasteiger partial charge in [-0.1, -0.05) is 66.9 Å². The highest BCUT2D eigenvalue weighted by molar-refractivity contribution is 6.68. The summed E-state index contributed by atoms with van der Waals surface area (Å²) in [6.45, 7) is 7.89. The van der Waals surface area contributed by atoms with Gasteiger partial charge in [0.2, 0.25) is 11.6 Å². The molecular formula is C27H22Cl2N2O2. The third-order valence-corrected chi connectivity index (χ3v) is 6.97. The highest BCUT2D eigenvalue weighted by atomic mass is 35.5. The Labute approximate surface area is 201 Å². The van der Waals surface area contributed by atoms with Gasteiger partial charge in [0.05, 0.1) is 11.1 Å². The Morgan fingerprint density at radius 3 is 2.03 bits per heavy atom. The molecule has 0 unspecified atom stereocenters. The van der Waals surface area contributed by atoms with Crippen molar-refractivity contribution in [2.45, 2.75) is 33.6 Å². The average Bonchev–Trinajstić information content (AvgIpc) is 3.31. The molecule has 2 aromatic carbocycles. The molecule has 0 aliphatic heterocycles. The molecule has 0 spiro atoms. The van der Waals surface area contributed by atoms with E-state index in [0.29, 0.717) is 11.1 Å². The van der Waals surface area contributed by atoms with Crippen molar-refractivity contribution in [1.82, 2.24) is 9.97 Å². The van der Waals surface area contributed by atoms with Gasteiger partial charge in [-0.15, -0.1) is 0 Å². The lowest BCUT2D eigenvalue weighted by atomic mass is 9.85. The molecule has 0 radical (unpaired) electrons. The van der Waals surface area contributed by atoms with Crippen LogP contribution in [0.1, 0.15) is 47.8 Å². The number of halogens is 2. The summed E-state index contributed by atoms with van der Waals surface area (Å²) in [6.07, 6.45) is 0. The van der Waals surface area contributed by atoms with Crippen molar-refractivity contribution >= 4 is 67.7 Å². The number of para-hydroxylation sites is 1. The molecule has 4 nitrogen and oxygen atoms in total. The predicted octanol–water partition coefficient (Wildman–Crippen LogP) is 7.14. The van der Waals surface area contributed by atoms with Gasteiger partial charge in [0.15, 0.2) is 0 Å². The first-order valence-electron chi connectivity index (χ1n) is 10.8. The van der Waals surface area contributed by atoms with E-state index in [0.717, 1.165) is 38.8 Å². The van der Waals surface area contributed by atoms with Crippen molar-refractivity contribution < 1.29 is 9.59 Å². The molecule has 2 heterocycles. The molecule has 0 amide bonds. The van der Waals surface area contributed by atoms with Gasteiger partial charge in [-0.05, 0) is 38.0 Å². The number of nitrogens with one attached hydrogen (secondary N) is 2. The number of benzene rings is 2. The summed E-state index contributed by atoms with van der Waals surface area (Å²) in [5.74, 6) is -0.804. The molecule has 33 heavy (non-hydrogen) atoms. The Bertz CT molecular complexity index is 1560. The first-order chi connectivity index (χ1) is 15.7. The Hall–Kier alpha value is -3.08. The third kappa shape index (κ3) is 3.20. The minimum absolute atomic E-state index is 0.0789. The second-order valence-corrected chi connectivity index (χ2v) is 9.58. The van der Waals surface area contributed by atoms with Crippen LogP contribution in [0.4, 0.5) is 0 Å². The van der Waals surface area contributed by atoms with Gasteiger partial charge in [0.25, 0.3) is 0 Å². The monoisotopic (exact) mass is 476 g/mol. The van der Waals surface area contributed by atoms with Gasteiger partial charge in [0.1, 0.15) is 10.1 Å². The second-order valence-electron chi connectivity index (χ2n) is 8.82. The van der Waals surface area contributed by atoms with Gasteiger partial charge in [0, 0.05) is 44.3 Å². The zero-order chi connectivity index (χ0) is 23.6. The van der Waals surface area contributed by atoms with E-state index < -0.39 is 11.6 Å². The molecule has 0 saturated heterocycles. The van der Waals surface area contributed by atoms with Crippen LogP contribution in [0.15, 0.2) is 52.5 Å². The van der Waals surface area contributed by atoms with E-state index in [2.05, 4.69) is 9.97 Å². The maximum absolute atomic E-state index is 13.7. The van der Waals surface area contributed by atoms with E-state index in [1.54, 1.807) is 0 Å². The Kier molecular flexibility index (Phi) is 5.11. The van der Waals surface area contributed by atoms with Crippen LogP contribution in [-0.2, 0) is 9.59 Å². The fourth-order valence-corrected chi connectivity index (χ4v) is 5.27. The summed E-state index contributed by atoms with van der Waals surface area (Å²) < 4.78 is 0. The SMILES string of the molecule is Cc1ccc2[nH]c(C)c(C3=C(Cl)C(=O)C(c4c(C(C)C)[nH]c5ccccc45)=C(Cl)C3=O)c2c1. The summed E-state index contributed by atoms with van der Waals surface area (Å²) in [5.41, 5.74) is 5.96. The second kappa shape index (κ2) is 7.75. The maximum Gasteiger partial charge on any atom is 0.207 e. The fourth-order valence-electron chi connectivity index (χ4n) is 4.72. The number of fused-ring (bicyclic) bond motifs is 2. The molecule has 5 rings (SSSR count). The minimum Gasteiger partial charge on any atom is -0.358 e. The number of hydrogen-bond acceptors (Lipinski definition) is 2. The number of hydrogen-bond donors (Lipinski definition) is 2. The Balaban J connectivity index is 1.77. The molecule has 6 heteroatoms. The predicted molar refractivity (Wildman–Crippen MR) is 136 cm³/mol. The largest absolute Gasteiger partial charge is 0.358 e. The summed E-state index contributed by atoms with van der Waals surface area (Å²) >= 11 is 13.4. The van der Waals surface area contributed by atoms with Gasteiger partial charge < -0.3 is 9.97 Å². The number of H-pyrrole nitrogens is 2. The van der Waals surface area contributed by atoms with Crippen LogP contribution >= 0.6 is 23.2 Å². The van der Waals surface area contributed by atoms with Crippen molar-refractivity contribution in [3.63, 3.8) is 0 Å². The zero-order valence-corrected chi connectivity index (χ0v) is 20.2. The van der Waals surface area contributed by atoms with Crippen LogP contribution in [0.2, 0.25) is 0 Å². The number of ketones is 2. The Morgan fingerprint density at radius 1 is 0.758 bits per heavy atom. The number of aryl methyl sites for hydroxylation is 2.